The van der Waals surface area contributed by atoms with E-state index in [0.717, 1.165) is 24.8 Å². The Hall–Kier alpha value is -0.540. The Bertz CT molecular complexity index is 240. The van der Waals surface area contributed by atoms with E-state index in [4.69, 9.17) is 10.5 Å². The van der Waals surface area contributed by atoms with Gasteiger partial charge in [0.15, 0.2) is 0 Å². The zero-order chi connectivity index (χ0) is 12.6. The quantitative estimate of drug-likeness (QED) is 0.567. The predicted octanol–water partition coefficient (Wildman–Crippen LogP) is 3.07. The number of hydrogen-bond acceptors (Lipinski definition) is 3. The van der Waals surface area contributed by atoms with Gasteiger partial charge in [0.2, 0.25) is 0 Å². The van der Waals surface area contributed by atoms with E-state index in [1.807, 2.05) is 26.8 Å². The molecule has 0 amide bonds. The summed E-state index contributed by atoms with van der Waals surface area (Å²) in [6.07, 6.45) is 4.68. The first-order valence-electron chi connectivity index (χ1n) is 6.16. The Labute approximate surface area is 111 Å². The van der Waals surface area contributed by atoms with Crippen LogP contribution < -0.4 is 5.73 Å². The molecule has 0 aromatic rings. The summed E-state index contributed by atoms with van der Waals surface area (Å²) in [5.41, 5.74) is 6.67. The number of carbonyl (C=O) groups excluding carboxylic acids is 1. The highest BCUT2D eigenvalue weighted by Gasteiger charge is 2.13. The molecule has 0 spiro atoms. The van der Waals surface area contributed by atoms with Gasteiger partial charge in [0.1, 0.15) is 0 Å². The second-order valence-electron chi connectivity index (χ2n) is 4.34. The van der Waals surface area contributed by atoms with Crippen LogP contribution in [0.3, 0.4) is 0 Å². The minimum atomic E-state index is -0.216. The van der Waals surface area contributed by atoms with Crippen LogP contribution >= 0.6 is 12.4 Å². The molecule has 17 heavy (non-hydrogen) atoms. The van der Waals surface area contributed by atoms with Gasteiger partial charge in [-0.05, 0) is 25.7 Å². The van der Waals surface area contributed by atoms with E-state index in [2.05, 4.69) is 6.92 Å². The van der Waals surface area contributed by atoms with Gasteiger partial charge < -0.3 is 10.5 Å². The molecule has 1 atom stereocenters. The van der Waals surface area contributed by atoms with Crippen LogP contribution in [-0.2, 0) is 9.53 Å². The Morgan fingerprint density at radius 2 is 1.94 bits per heavy atom. The standard InChI is InChI=1S/C13H25NO2.ClH/c1-5-7-8-11(13(15)16-6-2)9-12(14)10(3)4;/h9-10,12H,5-8,14H2,1-4H3;1H/b11-9+;/t12-;/m1./s1. The van der Waals surface area contributed by atoms with Gasteiger partial charge >= 0.3 is 5.97 Å². The molecule has 3 nitrogen and oxygen atoms in total. The van der Waals surface area contributed by atoms with Crippen molar-refractivity contribution in [1.29, 1.82) is 0 Å². The summed E-state index contributed by atoms with van der Waals surface area (Å²) in [7, 11) is 0. The van der Waals surface area contributed by atoms with Gasteiger partial charge in [-0.15, -0.1) is 12.4 Å². The van der Waals surface area contributed by atoms with E-state index in [1.54, 1.807) is 0 Å². The number of carbonyl (C=O) groups is 1. The van der Waals surface area contributed by atoms with Gasteiger partial charge in [0.25, 0.3) is 0 Å². The molecular weight excluding hydrogens is 238 g/mol. The van der Waals surface area contributed by atoms with Crippen LogP contribution in [0.4, 0.5) is 0 Å². The first-order chi connectivity index (χ1) is 7.52. The van der Waals surface area contributed by atoms with Gasteiger partial charge in [-0.2, -0.15) is 0 Å². The van der Waals surface area contributed by atoms with E-state index in [9.17, 15) is 4.79 Å². The second-order valence-corrected chi connectivity index (χ2v) is 4.34. The van der Waals surface area contributed by atoms with Crippen LogP contribution in [0.1, 0.15) is 47.0 Å². The van der Waals surface area contributed by atoms with E-state index >= 15 is 0 Å². The van der Waals surface area contributed by atoms with Crippen molar-refractivity contribution in [2.75, 3.05) is 6.61 Å². The number of nitrogens with two attached hydrogens (primary N) is 1. The summed E-state index contributed by atoms with van der Waals surface area (Å²) in [6, 6.07) is -0.0729. The smallest absolute Gasteiger partial charge is 0.333 e. The lowest BCUT2D eigenvalue weighted by Gasteiger charge is -2.13. The summed E-state index contributed by atoms with van der Waals surface area (Å²) in [5, 5.41) is 0. The summed E-state index contributed by atoms with van der Waals surface area (Å²) >= 11 is 0. The van der Waals surface area contributed by atoms with Crippen LogP contribution in [0.15, 0.2) is 11.6 Å². The van der Waals surface area contributed by atoms with Gasteiger partial charge in [-0.25, -0.2) is 4.79 Å². The van der Waals surface area contributed by atoms with E-state index < -0.39 is 0 Å². The molecule has 0 aliphatic carbocycles. The SMILES string of the molecule is CCCC/C(=C\[C@@H](N)C(C)C)C(=O)OCC.Cl. The first kappa shape index (κ1) is 18.8. The third-order valence-corrected chi connectivity index (χ3v) is 2.50. The third kappa shape index (κ3) is 8.22. The van der Waals surface area contributed by atoms with E-state index in [-0.39, 0.29) is 24.4 Å². The lowest BCUT2D eigenvalue weighted by molar-refractivity contribution is -0.138. The largest absolute Gasteiger partial charge is 0.463 e. The van der Waals surface area contributed by atoms with Crippen molar-refractivity contribution in [1.82, 2.24) is 0 Å². The molecule has 0 rings (SSSR count). The topological polar surface area (TPSA) is 52.3 Å². The number of halogens is 1. The lowest BCUT2D eigenvalue weighted by atomic mass is 10.00. The maximum atomic E-state index is 11.7. The number of unbranched alkanes of at least 4 members (excludes halogenated alkanes) is 1. The molecule has 0 fully saturated rings. The number of rotatable bonds is 7. The van der Waals surface area contributed by atoms with Crippen molar-refractivity contribution in [2.24, 2.45) is 11.7 Å². The zero-order valence-electron chi connectivity index (χ0n) is 11.4. The molecule has 102 valence electrons. The maximum Gasteiger partial charge on any atom is 0.333 e. The average molecular weight is 264 g/mol. The molecule has 0 saturated heterocycles. The number of hydrogen-bond donors (Lipinski definition) is 1. The summed E-state index contributed by atoms with van der Waals surface area (Å²) in [5.74, 6) is 0.123. The zero-order valence-corrected chi connectivity index (χ0v) is 12.2. The minimum absolute atomic E-state index is 0. The Kier molecular flexibility index (Phi) is 11.7. The number of esters is 1. The Morgan fingerprint density at radius 1 is 1.35 bits per heavy atom. The van der Waals surface area contributed by atoms with Crippen molar-refractivity contribution >= 4 is 18.4 Å². The fraction of sp³-hybridized carbons (Fsp3) is 0.769. The van der Waals surface area contributed by atoms with Gasteiger partial charge in [0.05, 0.1) is 6.61 Å². The molecule has 0 aliphatic heterocycles. The maximum absolute atomic E-state index is 11.7. The monoisotopic (exact) mass is 263 g/mol. The van der Waals surface area contributed by atoms with Gasteiger partial charge in [-0.1, -0.05) is 33.3 Å². The van der Waals surface area contributed by atoms with Crippen LogP contribution in [-0.4, -0.2) is 18.6 Å². The minimum Gasteiger partial charge on any atom is -0.463 e. The lowest BCUT2D eigenvalue weighted by Crippen LogP contribution is -2.25. The Balaban J connectivity index is 0. The third-order valence-electron chi connectivity index (χ3n) is 2.50. The molecule has 0 aliphatic rings. The van der Waals surface area contributed by atoms with Crippen molar-refractivity contribution in [2.45, 2.75) is 53.0 Å². The molecule has 0 bridgehead atoms. The van der Waals surface area contributed by atoms with Crippen LogP contribution in [0, 0.1) is 5.92 Å². The highest BCUT2D eigenvalue weighted by Crippen LogP contribution is 2.12. The fourth-order valence-electron chi connectivity index (χ4n) is 1.27. The molecular formula is C13H26ClNO2. The molecule has 4 heteroatoms. The summed E-state index contributed by atoms with van der Waals surface area (Å²) in [6.45, 7) is 8.43. The average Bonchev–Trinajstić information content (AvgIpc) is 2.23. The summed E-state index contributed by atoms with van der Waals surface area (Å²) < 4.78 is 5.02. The second kappa shape index (κ2) is 10.6. The molecule has 2 N–H and O–H groups in total. The fourth-order valence-corrected chi connectivity index (χ4v) is 1.27. The molecule has 0 aromatic carbocycles. The predicted molar refractivity (Wildman–Crippen MR) is 74.3 cm³/mol. The van der Waals surface area contributed by atoms with E-state index in [1.165, 1.54) is 0 Å². The Morgan fingerprint density at radius 3 is 2.35 bits per heavy atom. The van der Waals surface area contributed by atoms with Crippen LogP contribution in [0.25, 0.3) is 0 Å². The highest BCUT2D eigenvalue weighted by atomic mass is 35.5. The van der Waals surface area contributed by atoms with Crippen molar-refractivity contribution in [3.05, 3.63) is 11.6 Å². The van der Waals surface area contributed by atoms with Crippen LogP contribution in [0.5, 0.6) is 0 Å². The van der Waals surface area contributed by atoms with Gasteiger partial charge in [-0.3, -0.25) is 0 Å². The van der Waals surface area contributed by atoms with Crippen molar-refractivity contribution in [3.8, 4) is 0 Å². The highest BCUT2D eigenvalue weighted by molar-refractivity contribution is 5.88. The van der Waals surface area contributed by atoms with Crippen molar-refractivity contribution < 1.29 is 9.53 Å². The normalized spacial score (nSPS) is 13.2. The molecule has 0 radical (unpaired) electrons. The number of ether oxygens (including phenoxy) is 1. The van der Waals surface area contributed by atoms with E-state index in [0.29, 0.717) is 12.5 Å². The van der Waals surface area contributed by atoms with Gasteiger partial charge in [0, 0.05) is 11.6 Å². The molecule has 0 unspecified atom stereocenters. The molecule has 0 heterocycles. The first-order valence-corrected chi connectivity index (χ1v) is 6.16. The molecule has 0 aromatic heterocycles. The van der Waals surface area contributed by atoms with Crippen molar-refractivity contribution in [3.63, 3.8) is 0 Å². The summed E-state index contributed by atoms with van der Waals surface area (Å²) in [4.78, 5) is 11.7. The molecule has 0 saturated carbocycles. The van der Waals surface area contributed by atoms with Crippen LogP contribution in [0.2, 0.25) is 0 Å².